The summed E-state index contributed by atoms with van der Waals surface area (Å²) in [5.74, 6) is 0.709. The van der Waals surface area contributed by atoms with E-state index < -0.39 is 15.9 Å². The molecule has 0 spiro atoms. The van der Waals surface area contributed by atoms with Crippen molar-refractivity contribution in [3.05, 3.63) is 75.0 Å². The first-order valence-electron chi connectivity index (χ1n) is 13.6. The zero-order valence-corrected chi connectivity index (χ0v) is 24.1. The van der Waals surface area contributed by atoms with Crippen molar-refractivity contribution < 1.29 is 18.3 Å². The van der Waals surface area contributed by atoms with Crippen LogP contribution >= 0.6 is 0 Å². The van der Waals surface area contributed by atoms with E-state index in [1.165, 1.54) is 25.7 Å². The Morgan fingerprint density at radius 1 is 1.20 bits per heavy atom. The maximum Gasteiger partial charge on any atom is 0.294 e. The average Bonchev–Trinajstić information content (AvgIpc) is 3.83. The van der Waals surface area contributed by atoms with Crippen molar-refractivity contribution in [1.29, 1.82) is 0 Å². The molecule has 216 valence electrons. The number of anilines is 1. The van der Waals surface area contributed by atoms with Gasteiger partial charge in [0.2, 0.25) is 5.88 Å². The molecule has 1 atom stereocenters. The molecule has 13 heteroatoms. The second-order valence-electron chi connectivity index (χ2n) is 9.98. The van der Waals surface area contributed by atoms with Crippen LogP contribution in [0.5, 0.6) is 5.88 Å². The molecule has 1 aliphatic heterocycles. The van der Waals surface area contributed by atoms with Crippen LogP contribution in [0.3, 0.4) is 0 Å². The van der Waals surface area contributed by atoms with Gasteiger partial charge in [-0.05, 0) is 37.0 Å². The Kier molecular flexibility index (Phi) is 8.00. The number of aliphatic hydroxyl groups is 1. The molecule has 1 unspecified atom stereocenters. The fraction of sp³-hybridized carbons (Fsp3) is 0.429. The first-order valence-corrected chi connectivity index (χ1v) is 15.2. The summed E-state index contributed by atoms with van der Waals surface area (Å²) < 4.78 is 31.3. The quantitative estimate of drug-likeness (QED) is 0.338. The van der Waals surface area contributed by atoms with Gasteiger partial charge in [-0.1, -0.05) is 20.4 Å². The van der Waals surface area contributed by atoms with Gasteiger partial charge in [0, 0.05) is 24.2 Å². The number of nitrogens with one attached hydrogen (secondary N) is 1. The standard InChI is InChI=1S/C28H33N7O5S/c1-5-11-35-26-24(33-25(28(35)37)30-12-18-9-10-19(13-29-18)41(38,39)6-2)20(14-36)16(3)22(34-26)21-23(17-7-8-17)31-15-32-27(21)40-4/h9-10,13,15,17,22,36H,3,5-8,11-12,14H2,1-2,4H3,(H,30,33). The molecule has 2 N–H and O–H groups in total. The van der Waals surface area contributed by atoms with Gasteiger partial charge in [-0.15, -0.1) is 0 Å². The van der Waals surface area contributed by atoms with Crippen molar-refractivity contribution in [3.63, 3.8) is 0 Å². The Labute approximate surface area is 237 Å². The predicted octanol–water partition coefficient (Wildman–Crippen LogP) is 1.20. The number of rotatable bonds is 11. The van der Waals surface area contributed by atoms with Gasteiger partial charge >= 0.3 is 0 Å². The molecule has 4 heterocycles. The van der Waals surface area contributed by atoms with Gasteiger partial charge in [0.1, 0.15) is 17.7 Å². The number of nitrogens with zero attached hydrogens (tertiary/aromatic N) is 6. The van der Waals surface area contributed by atoms with E-state index in [1.54, 1.807) is 17.6 Å². The van der Waals surface area contributed by atoms with Crippen molar-refractivity contribution in [1.82, 2.24) is 24.5 Å². The summed E-state index contributed by atoms with van der Waals surface area (Å²) in [5.41, 5.74) is 3.04. The molecule has 3 aromatic rings. The molecule has 0 radical (unpaired) electrons. The van der Waals surface area contributed by atoms with E-state index in [1.807, 2.05) is 6.92 Å². The summed E-state index contributed by atoms with van der Waals surface area (Å²) >= 11 is 0. The Bertz CT molecular complexity index is 1780. The fourth-order valence-electron chi connectivity index (χ4n) is 4.91. The highest BCUT2D eigenvalue weighted by Gasteiger charge is 2.36. The van der Waals surface area contributed by atoms with Crippen LogP contribution < -0.4 is 26.4 Å². The number of methoxy groups -OCH3 is 1. The zero-order valence-electron chi connectivity index (χ0n) is 23.3. The number of ether oxygens (including phenoxy) is 1. The smallest absolute Gasteiger partial charge is 0.294 e. The molecule has 1 fully saturated rings. The van der Waals surface area contributed by atoms with Gasteiger partial charge in [-0.3, -0.25) is 19.3 Å². The maximum atomic E-state index is 13.6. The summed E-state index contributed by atoms with van der Waals surface area (Å²) in [4.78, 5) is 36.4. The van der Waals surface area contributed by atoms with E-state index in [-0.39, 0.29) is 41.1 Å². The van der Waals surface area contributed by atoms with E-state index in [2.05, 4.69) is 31.8 Å². The second kappa shape index (κ2) is 11.5. The zero-order chi connectivity index (χ0) is 29.3. The Hall–Kier alpha value is -3.97. The number of fused-ring (bicyclic) bond motifs is 1. The molecule has 12 nitrogen and oxygen atoms in total. The van der Waals surface area contributed by atoms with Crippen LogP contribution in [0.4, 0.5) is 5.82 Å². The highest BCUT2D eigenvalue weighted by atomic mass is 32.2. The van der Waals surface area contributed by atoms with Gasteiger partial charge in [0.05, 0.1) is 47.9 Å². The molecule has 41 heavy (non-hydrogen) atoms. The molecule has 0 aromatic carbocycles. The lowest BCUT2D eigenvalue weighted by molar-refractivity contribution is 0.346. The normalized spacial score (nSPS) is 16.7. The van der Waals surface area contributed by atoms with Crippen LogP contribution in [-0.4, -0.2) is 57.5 Å². The van der Waals surface area contributed by atoms with Crippen molar-refractivity contribution in [2.75, 3.05) is 24.8 Å². The van der Waals surface area contributed by atoms with Crippen molar-refractivity contribution in [3.8, 4) is 5.88 Å². The molecular formula is C28H33N7O5S. The van der Waals surface area contributed by atoms with Crippen LogP contribution in [-0.2, 0) is 22.9 Å². The summed E-state index contributed by atoms with van der Waals surface area (Å²) in [6.45, 7) is 7.95. The van der Waals surface area contributed by atoms with Crippen LogP contribution in [0.1, 0.15) is 62.0 Å². The van der Waals surface area contributed by atoms with Crippen LogP contribution in [0.15, 0.2) is 51.5 Å². The third-order valence-electron chi connectivity index (χ3n) is 7.28. The molecule has 0 saturated heterocycles. The highest BCUT2D eigenvalue weighted by molar-refractivity contribution is 7.91. The minimum absolute atomic E-state index is 0.0187. The van der Waals surface area contributed by atoms with E-state index in [0.29, 0.717) is 52.1 Å². The second-order valence-corrected chi connectivity index (χ2v) is 12.3. The molecule has 3 aromatic heterocycles. The molecule has 0 bridgehead atoms. The van der Waals surface area contributed by atoms with Crippen molar-refractivity contribution in [2.45, 2.75) is 63.1 Å². The van der Waals surface area contributed by atoms with E-state index in [9.17, 15) is 18.3 Å². The molecule has 1 aliphatic carbocycles. The van der Waals surface area contributed by atoms with Gasteiger partial charge in [-0.25, -0.2) is 23.4 Å². The van der Waals surface area contributed by atoms with Gasteiger partial charge < -0.3 is 15.2 Å². The van der Waals surface area contributed by atoms with E-state index in [4.69, 9.17) is 9.73 Å². The third-order valence-corrected chi connectivity index (χ3v) is 9.00. The summed E-state index contributed by atoms with van der Waals surface area (Å²) in [5, 5.41) is 13.9. The summed E-state index contributed by atoms with van der Waals surface area (Å²) in [6.07, 6.45) is 5.45. The fourth-order valence-corrected chi connectivity index (χ4v) is 5.73. The molecule has 5 rings (SSSR count). The maximum absolute atomic E-state index is 13.6. The molecule has 2 aliphatic rings. The lowest BCUT2D eigenvalue weighted by Crippen LogP contribution is -2.50. The van der Waals surface area contributed by atoms with Gasteiger partial charge in [-0.2, -0.15) is 0 Å². The van der Waals surface area contributed by atoms with Crippen molar-refractivity contribution in [2.24, 2.45) is 4.99 Å². The Balaban J connectivity index is 1.60. The molecule has 1 saturated carbocycles. The number of hydrogen-bond acceptors (Lipinski definition) is 11. The summed E-state index contributed by atoms with van der Waals surface area (Å²) in [7, 11) is -1.83. The largest absolute Gasteiger partial charge is 0.481 e. The van der Waals surface area contributed by atoms with E-state index >= 15 is 0 Å². The first-order chi connectivity index (χ1) is 19.7. The molecule has 0 amide bonds. The minimum Gasteiger partial charge on any atom is -0.481 e. The lowest BCUT2D eigenvalue weighted by Gasteiger charge is -2.25. The lowest BCUT2D eigenvalue weighted by atomic mass is 9.91. The number of aliphatic hydroxyl groups excluding tert-OH is 1. The Morgan fingerprint density at radius 2 is 1.98 bits per heavy atom. The highest BCUT2D eigenvalue weighted by Crippen LogP contribution is 2.46. The van der Waals surface area contributed by atoms with Crippen LogP contribution in [0, 0.1) is 0 Å². The van der Waals surface area contributed by atoms with Gasteiger partial charge in [0.25, 0.3) is 5.56 Å². The van der Waals surface area contributed by atoms with E-state index in [0.717, 1.165) is 18.5 Å². The number of hydrogen-bond donors (Lipinski definition) is 2. The predicted molar refractivity (Wildman–Crippen MR) is 152 cm³/mol. The topological polar surface area (TPSA) is 162 Å². The Morgan fingerprint density at radius 3 is 2.59 bits per heavy atom. The first kappa shape index (κ1) is 28.6. The summed E-state index contributed by atoms with van der Waals surface area (Å²) in [6, 6.07) is 2.44. The number of aromatic nitrogens is 5. The van der Waals surface area contributed by atoms with Gasteiger partial charge in [0.15, 0.2) is 21.1 Å². The van der Waals surface area contributed by atoms with Crippen LogP contribution in [0.25, 0.3) is 5.57 Å². The number of pyridine rings is 1. The third kappa shape index (κ3) is 5.38. The van der Waals surface area contributed by atoms with Crippen LogP contribution in [0.2, 0.25) is 0 Å². The van der Waals surface area contributed by atoms with Crippen molar-refractivity contribution >= 4 is 21.2 Å². The monoisotopic (exact) mass is 579 g/mol. The molecular weight excluding hydrogens is 546 g/mol. The minimum atomic E-state index is -3.37. The number of sulfone groups is 1. The average molecular weight is 580 g/mol. The SMILES string of the molecule is C=C1C(CO)=c2nc(NCc3ccc(S(=O)(=O)CC)cn3)c(=O)n(CCC)c2=NC1c1c(OC)ncnc1C1CC1.